The predicted molar refractivity (Wildman–Crippen MR) is 80.9 cm³/mol. The molecule has 2 unspecified atom stereocenters. The molecule has 19 heavy (non-hydrogen) atoms. The summed E-state index contributed by atoms with van der Waals surface area (Å²) in [7, 11) is 0. The van der Waals surface area contributed by atoms with Crippen LogP contribution >= 0.6 is 27.3 Å². The van der Waals surface area contributed by atoms with Crippen molar-refractivity contribution in [2.45, 2.75) is 24.9 Å². The number of aliphatic hydroxyl groups is 1. The van der Waals surface area contributed by atoms with Crippen molar-refractivity contribution in [1.82, 2.24) is 0 Å². The molecule has 0 aliphatic carbocycles. The van der Waals surface area contributed by atoms with Gasteiger partial charge < -0.3 is 9.84 Å². The first-order valence-corrected chi connectivity index (χ1v) is 8.05. The first-order valence-electron chi connectivity index (χ1n) is 6.38. The zero-order valence-electron chi connectivity index (χ0n) is 10.4. The second kappa shape index (κ2) is 5.65. The molecule has 0 bridgehead atoms. The summed E-state index contributed by atoms with van der Waals surface area (Å²) < 4.78 is 6.72. The van der Waals surface area contributed by atoms with Crippen molar-refractivity contribution < 1.29 is 9.84 Å². The summed E-state index contributed by atoms with van der Waals surface area (Å²) >= 11 is 5.05. The SMILES string of the molecule is OC(CC1CCOc2ccccc21)c1csc(Br)c1. The summed E-state index contributed by atoms with van der Waals surface area (Å²) in [6.45, 7) is 0.738. The van der Waals surface area contributed by atoms with Crippen LogP contribution in [-0.2, 0) is 0 Å². The van der Waals surface area contributed by atoms with E-state index in [9.17, 15) is 5.11 Å². The molecule has 0 saturated carbocycles. The molecule has 1 N–H and O–H groups in total. The molecule has 0 radical (unpaired) electrons. The normalized spacial score (nSPS) is 19.6. The highest BCUT2D eigenvalue weighted by Gasteiger charge is 2.24. The van der Waals surface area contributed by atoms with E-state index >= 15 is 0 Å². The Kier molecular flexibility index (Phi) is 3.91. The topological polar surface area (TPSA) is 29.5 Å². The number of thiophene rings is 1. The van der Waals surface area contributed by atoms with Crippen LogP contribution in [0.2, 0.25) is 0 Å². The minimum Gasteiger partial charge on any atom is -0.493 e. The van der Waals surface area contributed by atoms with Crippen LogP contribution in [0.3, 0.4) is 0 Å². The van der Waals surface area contributed by atoms with Gasteiger partial charge in [0.15, 0.2) is 0 Å². The van der Waals surface area contributed by atoms with Crippen LogP contribution in [0.5, 0.6) is 5.75 Å². The third-order valence-corrected chi connectivity index (χ3v) is 5.09. The maximum absolute atomic E-state index is 10.4. The van der Waals surface area contributed by atoms with Crippen LogP contribution in [-0.4, -0.2) is 11.7 Å². The maximum Gasteiger partial charge on any atom is 0.122 e. The van der Waals surface area contributed by atoms with Gasteiger partial charge in [0.25, 0.3) is 0 Å². The maximum atomic E-state index is 10.4. The Labute approximate surface area is 125 Å². The molecule has 2 nitrogen and oxygen atoms in total. The van der Waals surface area contributed by atoms with Gasteiger partial charge in [0.2, 0.25) is 0 Å². The molecule has 0 amide bonds. The minimum atomic E-state index is -0.404. The quantitative estimate of drug-likeness (QED) is 0.892. The molecule has 1 aliphatic heterocycles. The van der Waals surface area contributed by atoms with Gasteiger partial charge in [-0.3, -0.25) is 0 Å². The van der Waals surface area contributed by atoms with E-state index in [0.717, 1.165) is 34.5 Å². The van der Waals surface area contributed by atoms with Gasteiger partial charge in [-0.1, -0.05) is 18.2 Å². The molecule has 2 atom stereocenters. The highest BCUT2D eigenvalue weighted by Crippen LogP contribution is 2.39. The second-order valence-electron chi connectivity index (χ2n) is 4.81. The Bertz CT molecular complexity index is 567. The lowest BCUT2D eigenvalue weighted by Crippen LogP contribution is -2.16. The first kappa shape index (κ1) is 13.2. The van der Waals surface area contributed by atoms with Gasteiger partial charge in [-0.25, -0.2) is 0 Å². The number of hydrogen-bond acceptors (Lipinski definition) is 3. The van der Waals surface area contributed by atoms with E-state index in [1.165, 1.54) is 5.56 Å². The van der Waals surface area contributed by atoms with Crippen molar-refractivity contribution in [2.24, 2.45) is 0 Å². The van der Waals surface area contributed by atoms with Gasteiger partial charge >= 0.3 is 0 Å². The van der Waals surface area contributed by atoms with Crippen LogP contribution in [0, 0.1) is 0 Å². The Balaban J connectivity index is 1.77. The van der Waals surface area contributed by atoms with Crippen molar-refractivity contribution in [1.29, 1.82) is 0 Å². The van der Waals surface area contributed by atoms with E-state index in [0.29, 0.717) is 5.92 Å². The van der Waals surface area contributed by atoms with Gasteiger partial charge in [0, 0.05) is 0 Å². The third-order valence-electron chi connectivity index (χ3n) is 3.56. The fraction of sp³-hybridized carbons (Fsp3) is 0.333. The van der Waals surface area contributed by atoms with Gasteiger partial charge in [-0.15, -0.1) is 11.3 Å². The van der Waals surface area contributed by atoms with Crippen molar-refractivity contribution in [3.8, 4) is 5.75 Å². The molecule has 1 aromatic carbocycles. The molecule has 1 aliphatic rings. The van der Waals surface area contributed by atoms with Crippen molar-refractivity contribution in [3.05, 3.63) is 50.6 Å². The van der Waals surface area contributed by atoms with Gasteiger partial charge in [-0.05, 0) is 63.3 Å². The average molecular weight is 339 g/mol. The van der Waals surface area contributed by atoms with Crippen LogP contribution in [0.25, 0.3) is 0 Å². The van der Waals surface area contributed by atoms with E-state index in [2.05, 4.69) is 22.0 Å². The first-order chi connectivity index (χ1) is 9.24. The highest BCUT2D eigenvalue weighted by atomic mass is 79.9. The third kappa shape index (κ3) is 2.86. The average Bonchev–Trinajstić information content (AvgIpc) is 2.86. The fourth-order valence-corrected chi connectivity index (χ4v) is 3.79. The molecule has 0 fully saturated rings. The molecule has 0 saturated heterocycles. The Morgan fingerprint density at radius 3 is 3.05 bits per heavy atom. The van der Waals surface area contributed by atoms with Crippen LogP contribution in [0.1, 0.15) is 36.0 Å². The molecule has 2 aromatic rings. The van der Waals surface area contributed by atoms with Crippen LogP contribution in [0.15, 0.2) is 39.5 Å². The predicted octanol–water partition coefficient (Wildman–Crippen LogP) is 4.50. The summed E-state index contributed by atoms with van der Waals surface area (Å²) in [5, 5.41) is 12.4. The zero-order valence-corrected chi connectivity index (χ0v) is 12.8. The molecule has 4 heteroatoms. The van der Waals surface area contributed by atoms with Gasteiger partial charge in [-0.2, -0.15) is 0 Å². The summed E-state index contributed by atoms with van der Waals surface area (Å²) in [5.41, 5.74) is 2.22. The lowest BCUT2D eigenvalue weighted by atomic mass is 9.87. The van der Waals surface area contributed by atoms with Crippen molar-refractivity contribution >= 4 is 27.3 Å². The number of rotatable bonds is 3. The van der Waals surface area contributed by atoms with E-state index in [4.69, 9.17) is 4.74 Å². The van der Waals surface area contributed by atoms with Gasteiger partial charge in [0.1, 0.15) is 5.75 Å². The summed E-state index contributed by atoms with van der Waals surface area (Å²) in [4.78, 5) is 0. The molecular weight excluding hydrogens is 324 g/mol. The largest absolute Gasteiger partial charge is 0.493 e. The number of benzene rings is 1. The summed E-state index contributed by atoms with van der Waals surface area (Å²) in [6, 6.07) is 10.1. The Morgan fingerprint density at radius 1 is 1.42 bits per heavy atom. The highest BCUT2D eigenvalue weighted by molar-refractivity contribution is 9.11. The van der Waals surface area contributed by atoms with Crippen LogP contribution < -0.4 is 4.74 Å². The van der Waals surface area contributed by atoms with E-state index in [-0.39, 0.29) is 0 Å². The fourth-order valence-electron chi connectivity index (χ4n) is 2.56. The number of para-hydroxylation sites is 1. The smallest absolute Gasteiger partial charge is 0.122 e. The van der Waals surface area contributed by atoms with Gasteiger partial charge in [0.05, 0.1) is 16.5 Å². The van der Waals surface area contributed by atoms with Crippen LogP contribution in [0.4, 0.5) is 0 Å². The lowest BCUT2D eigenvalue weighted by Gasteiger charge is -2.27. The molecule has 2 heterocycles. The second-order valence-corrected chi connectivity index (χ2v) is 7.10. The van der Waals surface area contributed by atoms with E-state index in [1.807, 2.05) is 29.6 Å². The Morgan fingerprint density at radius 2 is 2.26 bits per heavy atom. The van der Waals surface area contributed by atoms with E-state index in [1.54, 1.807) is 11.3 Å². The van der Waals surface area contributed by atoms with Crippen molar-refractivity contribution in [3.63, 3.8) is 0 Å². The summed E-state index contributed by atoms with van der Waals surface area (Å²) in [5.74, 6) is 1.34. The minimum absolute atomic E-state index is 0.374. The standard InChI is InChI=1S/C15H15BrO2S/c16-15-8-11(9-19-15)13(17)7-10-5-6-18-14-4-2-1-3-12(10)14/h1-4,8-10,13,17H,5-7H2. The Hall–Kier alpha value is -0.840. The lowest BCUT2D eigenvalue weighted by molar-refractivity contribution is 0.145. The number of aliphatic hydroxyl groups excluding tert-OH is 1. The molecule has 100 valence electrons. The molecule has 1 aromatic heterocycles. The number of hydrogen-bond donors (Lipinski definition) is 1. The molecule has 3 rings (SSSR count). The number of fused-ring (bicyclic) bond motifs is 1. The van der Waals surface area contributed by atoms with E-state index < -0.39 is 6.10 Å². The number of halogens is 1. The monoisotopic (exact) mass is 338 g/mol. The molecule has 0 spiro atoms. The van der Waals surface area contributed by atoms with Crippen molar-refractivity contribution in [2.75, 3.05) is 6.61 Å². The molecular formula is C15H15BrO2S. The summed E-state index contributed by atoms with van der Waals surface area (Å²) in [6.07, 6.45) is 1.32. The zero-order chi connectivity index (χ0) is 13.2. The number of ether oxygens (including phenoxy) is 1.